The zero-order chi connectivity index (χ0) is 22.5. The van der Waals surface area contributed by atoms with Crippen LogP contribution in [0.25, 0.3) is 28.1 Å². The average molecular weight is 431 g/mol. The van der Waals surface area contributed by atoms with Crippen molar-refractivity contribution in [3.05, 3.63) is 84.0 Å². The number of para-hydroxylation sites is 1. The lowest BCUT2D eigenvalue weighted by Gasteiger charge is -2.16. The number of ether oxygens (including phenoxy) is 1. The predicted molar refractivity (Wildman–Crippen MR) is 131 cm³/mol. The summed E-state index contributed by atoms with van der Waals surface area (Å²) >= 11 is 0. The fourth-order valence-electron chi connectivity index (χ4n) is 4.14. The Morgan fingerprint density at radius 2 is 1.97 bits per heavy atom. The number of fused-ring (bicyclic) bond motifs is 1. The third-order valence-corrected chi connectivity index (χ3v) is 5.91. The Balaban J connectivity index is 1.68. The van der Waals surface area contributed by atoms with E-state index >= 15 is 0 Å². The molecule has 0 aliphatic heterocycles. The van der Waals surface area contributed by atoms with E-state index in [0.29, 0.717) is 12.5 Å². The van der Waals surface area contributed by atoms with Crippen molar-refractivity contribution in [1.29, 1.82) is 0 Å². The molecule has 1 heterocycles. The van der Waals surface area contributed by atoms with E-state index in [1.165, 1.54) is 12.1 Å². The van der Waals surface area contributed by atoms with Crippen LogP contribution in [0.4, 0.5) is 4.39 Å². The molecule has 2 aromatic carbocycles. The summed E-state index contributed by atoms with van der Waals surface area (Å²) in [4.78, 5) is 5.03. The summed E-state index contributed by atoms with van der Waals surface area (Å²) in [6.07, 6.45) is 9.12. The smallest absolute Gasteiger partial charge is 0.123 e. The number of nitrogens with zero attached hydrogens (tertiary/aromatic N) is 1. The van der Waals surface area contributed by atoms with Crippen LogP contribution in [-0.4, -0.2) is 17.6 Å². The van der Waals surface area contributed by atoms with E-state index in [9.17, 15) is 4.39 Å². The van der Waals surface area contributed by atoms with Gasteiger partial charge in [-0.15, -0.1) is 0 Å². The monoisotopic (exact) mass is 430 g/mol. The number of benzene rings is 2. The van der Waals surface area contributed by atoms with E-state index < -0.39 is 0 Å². The van der Waals surface area contributed by atoms with Gasteiger partial charge in [-0.25, -0.2) is 4.39 Å². The first kappa shape index (κ1) is 22.2. The number of rotatable bonds is 10. The highest BCUT2D eigenvalue weighted by Gasteiger charge is 2.29. The van der Waals surface area contributed by atoms with Crippen molar-refractivity contribution in [2.24, 2.45) is 5.73 Å². The van der Waals surface area contributed by atoms with Crippen molar-refractivity contribution in [3.63, 3.8) is 0 Å². The molecule has 3 aromatic rings. The van der Waals surface area contributed by atoms with E-state index in [2.05, 4.69) is 30.9 Å². The van der Waals surface area contributed by atoms with Crippen LogP contribution in [0.3, 0.4) is 0 Å². The minimum Gasteiger partial charge on any atom is -0.499 e. The van der Waals surface area contributed by atoms with Crippen LogP contribution in [-0.2, 0) is 4.74 Å². The Labute approximate surface area is 189 Å². The van der Waals surface area contributed by atoms with Crippen LogP contribution in [0, 0.1) is 5.82 Å². The second-order valence-electron chi connectivity index (χ2n) is 8.47. The standard InChI is InChI=1S/C28H31FN2O/c1-3-32-19(2)7-6-8-23(30)17-18-25-27(20-13-15-22(29)16-14-20)24-9-4-5-10-26(24)31-28(25)21-11-12-21/h4-5,9-10,13-18,21,23H,2-3,6-8,11-12,30H2,1H3/b18-17+/t23-/m0/s1. The first-order valence-electron chi connectivity index (χ1n) is 11.5. The molecular weight excluding hydrogens is 399 g/mol. The molecule has 2 N–H and O–H groups in total. The van der Waals surface area contributed by atoms with E-state index in [0.717, 1.165) is 71.2 Å². The summed E-state index contributed by atoms with van der Waals surface area (Å²) in [6.45, 7) is 6.55. The Morgan fingerprint density at radius 3 is 2.69 bits per heavy atom. The molecule has 0 saturated heterocycles. The van der Waals surface area contributed by atoms with Crippen molar-refractivity contribution in [1.82, 2.24) is 4.98 Å². The fraction of sp³-hybridized carbons (Fsp3) is 0.321. The molecule has 0 unspecified atom stereocenters. The highest BCUT2D eigenvalue weighted by molar-refractivity contribution is 5.99. The molecule has 1 saturated carbocycles. The van der Waals surface area contributed by atoms with Crippen molar-refractivity contribution in [2.75, 3.05) is 6.61 Å². The van der Waals surface area contributed by atoms with Gasteiger partial charge >= 0.3 is 0 Å². The maximum absolute atomic E-state index is 13.7. The van der Waals surface area contributed by atoms with Crippen LogP contribution in [0.5, 0.6) is 0 Å². The zero-order valence-electron chi connectivity index (χ0n) is 18.7. The van der Waals surface area contributed by atoms with Gasteiger partial charge < -0.3 is 10.5 Å². The number of hydrogen-bond acceptors (Lipinski definition) is 3. The van der Waals surface area contributed by atoms with Crippen LogP contribution < -0.4 is 5.73 Å². The highest BCUT2D eigenvalue weighted by Crippen LogP contribution is 2.45. The quantitative estimate of drug-likeness (QED) is 0.353. The first-order valence-corrected chi connectivity index (χ1v) is 11.5. The summed E-state index contributed by atoms with van der Waals surface area (Å²) in [5.74, 6) is 1.06. The largest absolute Gasteiger partial charge is 0.499 e. The van der Waals surface area contributed by atoms with Gasteiger partial charge in [-0.05, 0) is 56.4 Å². The number of aromatic nitrogens is 1. The molecule has 32 heavy (non-hydrogen) atoms. The molecule has 1 aromatic heterocycles. The molecule has 0 radical (unpaired) electrons. The SMILES string of the molecule is C=C(CCC[C@H](N)/C=C/c1c(C2CC2)nc2ccccc2c1-c1ccc(F)cc1)OCC. The minimum atomic E-state index is -0.234. The molecule has 1 fully saturated rings. The molecule has 4 heteroatoms. The number of nitrogens with two attached hydrogens (primary N) is 1. The maximum atomic E-state index is 13.7. The molecule has 1 aliphatic rings. The molecule has 3 nitrogen and oxygen atoms in total. The van der Waals surface area contributed by atoms with Gasteiger partial charge in [0.15, 0.2) is 0 Å². The predicted octanol–water partition coefficient (Wildman–Crippen LogP) is 6.98. The van der Waals surface area contributed by atoms with Gasteiger partial charge in [0.2, 0.25) is 0 Å². The number of allylic oxidation sites excluding steroid dienone is 1. The van der Waals surface area contributed by atoms with Gasteiger partial charge in [0.05, 0.1) is 23.6 Å². The second-order valence-corrected chi connectivity index (χ2v) is 8.47. The van der Waals surface area contributed by atoms with Gasteiger partial charge in [0.1, 0.15) is 5.82 Å². The lowest BCUT2D eigenvalue weighted by molar-refractivity contribution is 0.218. The Hall–Kier alpha value is -2.98. The summed E-state index contributed by atoms with van der Waals surface area (Å²) < 4.78 is 19.1. The van der Waals surface area contributed by atoms with E-state index in [-0.39, 0.29) is 11.9 Å². The summed E-state index contributed by atoms with van der Waals surface area (Å²) in [6, 6.07) is 14.9. The van der Waals surface area contributed by atoms with Crippen molar-refractivity contribution < 1.29 is 9.13 Å². The van der Waals surface area contributed by atoms with Gasteiger partial charge in [-0.2, -0.15) is 0 Å². The summed E-state index contributed by atoms with van der Waals surface area (Å²) in [7, 11) is 0. The van der Waals surface area contributed by atoms with Crippen LogP contribution in [0.1, 0.15) is 56.2 Å². The third kappa shape index (κ3) is 5.25. The van der Waals surface area contributed by atoms with E-state index in [1.807, 2.05) is 31.2 Å². The first-order chi connectivity index (χ1) is 15.6. The van der Waals surface area contributed by atoms with Crippen molar-refractivity contribution in [3.8, 4) is 11.1 Å². The van der Waals surface area contributed by atoms with Gasteiger partial charge in [0, 0.05) is 34.9 Å². The molecule has 1 aliphatic carbocycles. The van der Waals surface area contributed by atoms with Gasteiger partial charge in [-0.3, -0.25) is 4.98 Å². The van der Waals surface area contributed by atoms with Crippen molar-refractivity contribution >= 4 is 17.0 Å². The Morgan fingerprint density at radius 1 is 1.22 bits per heavy atom. The fourth-order valence-corrected chi connectivity index (χ4v) is 4.14. The Kier molecular flexibility index (Phi) is 7.01. The van der Waals surface area contributed by atoms with Gasteiger partial charge in [0.25, 0.3) is 0 Å². The number of pyridine rings is 1. The lowest BCUT2D eigenvalue weighted by Crippen LogP contribution is -2.16. The second kappa shape index (κ2) is 10.1. The van der Waals surface area contributed by atoms with Crippen LogP contribution >= 0.6 is 0 Å². The molecular formula is C28H31FN2O. The highest BCUT2D eigenvalue weighted by atomic mass is 19.1. The molecule has 0 spiro atoms. The van der Waals surface area contributed by atoms with Crippen LogP contribution in [0.15, 0.2) is 66.9 Å². The average Bonchev–Trinajstić information content (AvgIpc) is 3.63. The summed E-state index contributed by atoms with van der Waals surface area (Å²) in [5.41, 5.74) is 11.7. The lowest BCUT2D eigenvalue weighted by atomic mass is 9.92. The van der Waals surface area contributed by atoms with E-state index in [4.69, 9.17) is 15.5 Å². The summed E-state index contributed by atoms with van der Waals surface area (Å²) in [5, 5.41) is 1.07. The van der Waals surface area contributed by atoms with E-state index in [1.54, 1.807) is 0 Å². The number of halogens is 1. The topological polar surface area (TPSA) is 48.1 Å². The zero-order valence-corrected chi connectivity index (χ0v) is 18.7. The molecule has 4 rings (SSSR count). The third-order valence-electron chi connectivity index (χ3n) is 5.91. The molecule has 0 bridgehead atoms. The van der Waals surface area contributed by atoms with Gasteiger partial charge in [-0.1, -0.05) is 49.1 Å². The minimum absolute atomic E-state index is 0.0657. The van der Waals surface area contributed by atoms with Crippen molar-refractivity contribution in [2.45, 2.75) is 51.0 Å². The molecule has 166 valence electrons. The van der Waals surface area contributed by atoms with Crippen LogP contribution in [0.2, 0.25) is 0 Å². The normalized spacial score (nSPS) is 14.7. The maximum Gasteiger partial charge on any atom is 0.123 e. The number of hydrogen-bond donors (Lipinski definition) is 1. The molecule has 1 atom stereocenters. The molecule has 0 amide bonds. The Bertz CT molecular complexity index is 1120.